The number of halogens is 1. The van der Waals surface area contributed by atoms with Gasteiger partial charge in [-0.3, -0.25) is 9.10 Å². The Morgan fingerprint density at radius 2 is 1.83 bits per heavy atom. The van der Waals surface area contributed by atoms with E-state index in [0.717, 1.165) is 31.9 Å². The van der Waals surface area contributed by atoms with Gasteiger partial charge in [0.2, 0.25) is 15.9 Å². The van der Waals surface area contributed by atoms with Crippen LogP contribution in [0.1, 0.15) is 44.9 Å². The van der Waals surface area contributed by atoms with Gasteiger partial charge in [-0.05, 0) is 43.5 Å². The van der Waals surface area contributed by atoms with Crippen LogP contribution in [-0.2, 0) is 14.8 Å². The number of benzene rings is 1. The molecule has 0 bridgehead atoms. The predicted molar refractivity (Wildman–Crippen MR) is 92.8 cm³/mol. The van der Waals surface area contributed by atoms with Crippen molar-refractivity contribution in [1.29, 1.82) is 0 Å². The molecule has 1 amide bonds. The summed E-state index contributed by atoms with van der Waals surface area (Å²) in [5.74, 6) is -0.450. The average Bonchev–Trinajstić information content (AvgIpc) is 2.52. The number of carbonyl (C=O) groups is 1. The van der Waals surface area contributed by atoms with Crippen LogP contribution in [0.25, 0.3) is 0 Å². The van der Waals surface area contributed by atoms with E-state index < -0.39 is 15.8 Å². The number of hydrogen-bond acceptors (Lipinski definition) is 3. The molecule has 1 aliphatic carbocycles. The zero-order valence-corrected chi connectivity index (χ0v) is 14.8. The van der Waals surface area contributed by atoms with Crippen molar-refractivity contribution in [1.82, 2.24) is 5.32 Å². The van der Waals surface area contributed by atoms with Gasteiger partial charge in [-0.2, -0.15) is 0 Å². The maximum absolute atomic E-state index is 13.0. The van der Waals surface area contributed by atoms with Gasteiger partial charge in [-0.1, -0.05) is 19.3 Å². The molecule has 24 heavy (non-hydrogen) atoms. The van der Waals surface area contributed by atoms with Crippen molar-refractivity contribution in [3.8, 4) is 0 Å². The average molecular weight is 356 g/mol. The van der Waals surface area contributed by atoms with E-state index in [1.54, 1.807) is 0 Å². The summed E-state index contributed by atoms with van der Waals surface area (Å²) in [4.78, 5) is 12.0. The number of nitrogens with one attached hydrogen (secondary N) is 1. The lowest BCUT2D eigenvalue weighted by Crippen LogP contribution is -2.37. The molecule has 1 aliphatic rings. The lowest BCUT2D eigenvalue weighted by molar-refractivity contribution is -0.122. The zero-order chi connectivity index (χ0) is 17.6. The Kier molecular flexibility index (Phi) is 6.60. The molecule has 1 saturated carbocycles. The third-order valence-electron chi connectivity index (χ3n) is 4.25. The Morgan fingerprint density at radius 3 is 2.42 bits per heavy atom. The minimum atomic E-state index is -3.48. The molecule has 134 valence electrons. The summed E-state index contributed by atoms with van der Waals surface area (Å²) in [6.07, 6.45) is 7.39. The summed E-state index contributed by atoms with van der Waals surface area (Å²) >= 11 is 0. The Balaban J connectivity index is 1.86. The summed E-state index contributed by atoms with van der Waals surface area (Å²) < 4.78 is 38.1. The summed E-state index contributed by atoms with van der Waals surface area (Å²) in [6.45, 7) is 0.197. The second-order valence-electron chi connectivity index (χ2n) is 6.32. The van der Waals surface area contributed by atoms with E-state index >= 15 is 0 Å². The van der Waals surface area contributed by atoms with Gasteiger partial charge < -0.3 is 5.32 Å². The van der Waals surface area contributed by atoms with E-state index in [9.17, 15) is 17.6 Å². The third-order valence-corrected chi connectivity index (χ3v) is 5.44. The van der Waals surface area contributed by atoms with Gasteiger partial charge >= 0.3 is 0 Å². The van der Waals surface area contributed by atoms with E-state index in [-0.39, 0.29) is 24.9 Å². The molecular weight excluding hydrogens is 331 g/mol. The molecule has 1 N–H and O–H groups in total. The van der Waals surface area contributed by atoms with E-state index in [1.807, 2.05) is 0 Å². The molecular formula is C17H25FN2O3S. The normalized spacial score (nSPS) is 15.9. The highest BCUT2D eigenvalue weighted by Crippen LogP contribution is 2.19. The minimum Gasteiger partial charge on any atom is -0.353 e. The van der Waals surface area contributed by atoms with Gasteiger partial charge in [-0.25, -0.2) is 12.8 Å². The molecule has 0 aliphatic heterocycles. The lowest BCUT2D eigenvalue weighted by Gasteiger charge is -2.24. The first-order valence-corrected chi connectivity index (χ1v) is 10.2. The molecule has 0 radical (unpaired) electrons. The molecule has 0 saturated heterocycles. The second-order valence-corrected chi connectivity index (χ2v) is 8.22. The molecule has 0 atom stereocenters. The van der Waals surface area contributed by atoms with E-state index in [0.29, 0.717) is 12.1 Å². The number of carbonyl (C=O) groups excluding carboxylic acids is 1. The summed E-state index contributed by atoms with van der Waals surface area (Å²) in [5, 5.41) is 3.02. The number of amides is 1. The molecule has 0 unspecified atom stereocenters. The third kappa shape index (κ3) is 5.78. The molecule has 5 nitrogen and oxygen atoms in total. The van der Waals surface area contributed by atoms with E-state index in [1.165, 1.54) is 35.0 Å². The number of nitrogens with zero attached hydrogens (tertiary/aromatic N) is 1. The van der Waals surface area contributed by atoms with Crippen molar-refractivity contribution >= 4 is 21.6 Å². The monoisotopic (exact) mass is 356 g/mol. The van der Waals surface area contributed by atoms with Crippen LogP contribution in [0.4, 0.5) is 10.1 Å². The Bertz CT molecular complexity index is 640. The van der Waals surface area contributed by atoms with Crippen LogP contribution < -0.4 is 9.62 Å². The van der Waals surface area contributed by atoms with Crippen molar-refractivity contribution < 1.29 is 17.6 Å². The Morgan fingerprint density at radius 1 is 1.21 bits per heavy atom. The molecule has 0 aromatic heterocycles. The van der Waals surface area contributed by atoms with Gasteiger partial charge in [0, 0.05) is 19.0 Å². The van der Waals surface area contributed by atoms with Gasteiger partial charge in [-0.15, -0.1) is 0 Å². The first-order valence-electron chi connectivity index (χ1n) is 8.39. The topological polar surface area (TPSA) is 66.5 Å². The fourth-order valence-corrected chi connectivity index (χ4v) is 3.99. The van der Waals surface area contributed by atoms with Crippen molar-refractivity contribution in [2.75, 3.05) is 17.1 Å². The minimum absolute atomic E-state index is 0.0329. The van der Waals surface area contributed by atoms with E-state index in [2.05, 4.69) is 5.32 Å². The van der Waals surface area contributed by atoms with Gasteiger partial charge in [0.15, 0.2) is 0 Å². The Labute approximate surface area is 143 Å². The maximum Gasteiger partial charge on any atom is 0.232 e. The SMILES string of the molecule is CS(=O)(=O)N(CCCC(=O)NC1CCCCC1)c1ccc(F)cc1. The standard InChI is InChI=1S/C17H25FN2O3S/c1-24(22,23)20(16-11-9-14(18)10-12-16)13-5-8-17(21)19-15-6-3-2-4-7-15/h9-12,15H,2-8,13H2,1H3,(H,19,21). The first kappa shape index (κ1) is 18.7. The second kappa shape index (κ2) is 8.46. The quantitative estimate of drug-likeness (QED) is 0.817. The largest absolute Gasteiger partial charge is 0.353 e. The zero-order valence-electron chi connectivity index (χ0n) is 14.0. The summed E-state index contributed by atoms with van der Waals surface area (Å²) in [7, 11) is -3.48. The van der Waals surface area contributed by atoms with Crippen LogP contribution in [0, 0.1) is 5.82 Å². The maximum atomic E-state index is 13.0. The fourth-order valence-electron chi connectivity index (χ4n) is 3.02. The number of sulfonamides is 1. The summed E-state index contributed by atoms with van der Waals surface area (Å²) in [5.41, 5.74) is 0.409. The van der Waals surface area contributed by atoms with Crippen LogP contribution in [0.15, 0.2) is 24.3 Å². The van der Waals surface area contributed by atoms with Crippen molar-refractivity contribution in [2.24, 2.45) is 0 Å². The van der Waals surface area contributed by atoms with Crippen molar-refractivity contribution in [2.45, 2.75) is 51.0 Å². The van der Waals surface area contributed by atoms with Crippen LogP contribution in [0.3, 0.4) is 0 Å². The molecule has 1 aromatic rings. The molecule has 0 heterocycles. The number of rotatable bonds is 7. The van der Waals surface area contributed by atoms with Crippen LogP contribution in [0.5, 0.6) is 0 Å². The van der Waals surface area contributed by atoms with E-state index in [4.69, 9.17) is 0 Å². The number of anilines is 1. The van der Waals surface area contributed by atoms with Crippen molar-refractivity contribution in [3.05, 3.63) is 30.1 Å². The highest BCUT2D eigenvalue weighted by Gasteiger charge is 2.19. The van der Waals surface area contributed by atoms with Crippen LogP contribution in [0.2, 0.25) is 0 Å². The predicted octanol–water partition coefficient (Wildman–Crippen LogP) is 2.82. The van der Waals surface area contributed by atoms with Crippen LogP contribution >= 0.6 is 0 Å². The van der Waals surface area contributed by atoms with Gasteiger partial charge in [0.1, 0.15) is 5.82 Å². The number of hydrogen-bond donors (Lipinski definition) is 1. The van der Waals surface area contributed by atoms with Crippen LogP contribution in [-0.4, -0.2) is 33.2 Å². The summed E-state index contributed by atoms with van der Waals surface area (Å²) in [6, 6.07) is 5.57. The fraction of sp³-hybridized carbons (Fsp3) is 0.588. The lowest BCUT2D eigenvalue weighted by atomic mass is 9.95. The van der Waals surface area contributed by atoms with Gasteiger partial charge in [0.05, 0.1) is 11.9 Å². The Hall–Kier alpha value is -1.63. The molecule has 1 aromatic carbocycles. The molecule has 2 rings (SSSR count). The van der Waals surface area contributed by atoms with Crippen molar-refractivity contribution in [3.63, 3.8) is 0 Å². The highest BCUT2D eigenvalue weighted by molar-refractivity contribution is 7.92. The molecule has 7 heteroatoms. The van der Waals surface area contributed by atoms with Gasteiger partial charge in [0.25, 0.3) is 0 Å². The molecule has 1 fully saturated rings. The molecule has 0 spiro atoms. The first-order chi connectivity index (χ1) is 11.4. The smallest absolute Gasteiger partial charge is 0.232 e. The highest BCUT2D eigenvalue weighted by atomic mass is 32.2.